The van der Waals surface area contributed by atoms with Crippen LogP contribution in [0.2, 0.25) is 0 Å². The number of nitrogens with zero attached hydrogens (tertiary/aromatic N) is 1. The molecule has 0 aliphatic heterocycles. The average Bonchev–Trinajstić information content (AvgIpc) is 3.11. The van der Waals surface area contributed by atoms with Crippen molar-refractivity contribution in [3.05, 3.63) is 71.8 Å². The summed E-state index contributed by atoms with van der Waals surface area (Å²) in [6.45, 7) is -0.110. The van der Waals surface area contributed by atoms with Gasteiger partial charge in [0.1, 0.15) is 5.69 Å². The summed E-state index contributed by atoms with van der Waals surface area (Å²) in [5.74, 6) is -0.216. The number of rotatable bonds is 6. The van der Waals surface area contributed by atoms with E-state index in [1.165, 1.54) is 18.2 Å². The molecule has 0 amide bonds. The molecule has 126 valence electrons. The first-order valence-corrected chi connectivity index (χ1v) is 7.74. The molecule has 1 N–H and O–H groups in total. The summed E-state index contributed by atoms with van der Waals surface area (Å²) in [6.07, 6.45) is 0. The van der Waals surface area contributed by atoms with Crippen LogP contribution in [0.5, 0.6) is 0 Å². The zero-order valence-electron chi connectivity index (χ0n) is 12.9. The van der Waals surface area contributed by atoms with E-state index in [1.54, 1.807) is 12.1 Å². The minimum absolute atomic E-state index is 0.110. The van der Waals surface area contributed by atoms with Crippen molar-refractivity contribution in [3.8, 4) is 11.3 Å². The summed E-state index contributed by atoms with van der Waals surface area (Å²) in [7, 11) is 0. The third-order valence-electron chi connectivity index (χ3n) is 3.35. The Balaban J connectivity index is 1.56. The Morgan fingerprint density at radius 3 is 2.56 bits per heavy atom. The van der Waals surface area contributed by atoms with Crippen LogP contribution in [0.15, 0.2) is 65.2 Å². The van der Waals surface area contributed by atoms with E-state index in [-0.39, 0.29) is 17.9 Å². The molecular weight excluding hydrogens is 344 g/mol. The normalized spacial score (nSPS) is 10.3. The zero-order chi connectivity index (χ0) is 17.6. The summed E-state index contributed by atoms with van der Waals surface area (Å²) >= 11 is 5.39. The SMILES string of the molecule is O=C(Cl)c1cccc(C(=O)OCNc2cc(-c3ccccc3)no2)c1. The highest BCUT2D eigenvalue weighted by Crippen LogP contribution is 2.21. The Labute approximate surface area is 148 Å². The molecule has 3 aromatic rings. The van der Waals surface area contributed by atoms with Crippen LogP contribution in [0.1, 0.15) is 20.7 Å². The number of nitrogens with one attached hydrogen (secondary N) is 1. The number of carbonyl (C=O) groups is 2. The topological polar surface area (TPSA) is 81.4 Å². The number of hydrogen-bond donors (Lipinski definition) is 1. The highest BCUT2D eigenvalue weighted by Gasteiger charge is 2.11. The predicted octanol–water partition coefficient (Wildman–Crippen LogP) is 3.95. The van der Waals surface area contributed by atoms with Crippen LogP contribution in [0.4, 0.5) is 5.88 Å². The molecule has 0 fully saturated rings. The molecule has 6 nitrogen and oxygen atoms in total. The first-order valence-electron chi connectivity index (χ1n) is 7.36. The number of esters is 1. The summed E-state index contributed by atoms with van der Waals surface area (Å²) in [5, 5.41) is 6.11. The lowest BCUT2D eigenvalue weighted by Gasteiger charge is -2.05. The van der Waals surface area contributed by atoms with E-state index in [0.717, 1.165) is 5.56 Å². The fourth-order valence-corrected chi connectivity index (χ4v) is 2.25. The van der Waals surface area contributed by atoms with Gasteiger partial charge in [-0.05, 0) is 23.7 Å². The van der Waals surface area contributed by atoms with Crippen molar-refractivity contribution in [1.29, 1.82) is 0 Å². The van der Waals surface area contributed by atoms with Gasteiger partial charge in [-0.25, -0.2) is 4.79 Å². The summed E-state index contributed by atoms with van der Waals surface area (Å²) in [5.41, 5.74) is 2.05. The fraction of sp³-hybridized carbons (Fsp3) is 0.0556. The molecule has 7 heteroatoms. The molecule has 0 bridgehead atoms. The molecule has 1 heterocycles. The van der Waals surface area contributed by atoms with Crippen molar-refractivity contribution >= 4 is 28.7 Å². The van der Waals surface area contributed by atoms with Gasteiger partial charge in [-0.15, -0.1) is 0 Å². The highest BCUT2D eigenvalue weighted by atomic mass is 35.5. The van der Waals surface area contributed by atoms with Crippen LogP contribution in [-0.4, -0.2) is 23.1 Å². The van der Waals surface area contributed by atoms with Gasteiger partial charge in [0, 0.05) is 17.2 Å². The summed E-state index contributed by atoms with van der Waals surface area (Å²) in [6, 6.07) is 17.2. The van der Waals surface area contributed by atoms with E-state index in [9.17, 15) is 9.59 Å². The van der Waals surface area contributed by atoms with E-state index in [1.807, 2.05) is 30.3 Å². The molecule has 0 saturated carbocycles. The van der Waals surface area contributed by atoms with Gasteiger partial charge in [0.2, 0.25) is 5.88 Å². The number of ether oxygens (including phenoxy) is 1. The Hall–Kier alpha value is -3.12. The Morgan fingerprint density at radius 2 is 1.80 bits per heavy atom. The summed E-state index contributed by atoms with van der Waals surface area (Å²) < 4.78 is 10.2. The van der Waals surface area contributed by atoms with Gasteiger partial charge in [0.05, 0.1) is 5.56 Å². The average molecular weight is 357 g/mol. The molecular formula is C18H13ClN2O4. The van der Waals surface area contributed by atoms with E-state index >= 15 is 0 Å². The van der Waals surface area contributed by atoms with Gasteiger partial charge in [-0.3, -0.25) is 4.79 Å². The second-order valence-corrected chi connectivity index (χ2v) is 5.39. The zero-order valence-corrected chi connectivity index (χ0v) is 13.7. The molecule has 0 aliphatic rings. The number of carbonyl (C=O) groups excluding carboxylic acids is 2. The quantitative estimate of drug-likeness (QED) is 0.409. The molecule has 0 atom stereocenters. The second kappa shape index (κ2) is 7.63. The third kappa shape index (κ3) is 4.24. The van der Waals surface area contributed by atoms with Gasteiger partial charge < -0.3 is 14.6 Å². The molecule has 0 radical (unpaired) electrons. The molecule has 0 aliphatic carbocycles. The van der Waals surface area contributed by atoms with Gasteiger partial charge in [-0.1, -0.05) is 47.6 Å². The number of benzene rings is 2. The monoisotopic (exact) mass is 356 g/mol. The summed E-state index contributed by atoms with van der Waals surface area (Å²) in [4.78, 5) is 23.1. The predicted molar refractivity (Wildman–Crippen MR) is 92.5 cm³/mol. The van der Waals surface area contributed by atoms with Crippen molar-refractivity contribution in [2.45, 2.75) is 0 Å². The van der Waals surface area contributed by atoms with Crippen LogP contribution < -0.4 is 5.32 Å². The second-order valence-electron chi connectivity index (χ2n) is 5.05. The van der Waals surface area contributed by atoms with Gasteiger partial charge in [0.25, 0.3) is 5.24 Å². The lowest BCUT2D eigenvalue weighted by Crippen LogP contribution is -2.12. The molecule has 0 unspecified atom stereocenters. The molecule has 0 saturated heterocycles. The maximum absolute atomic E-state index is 12.0. The minimum atomic E-state index is -0.636. The Morgan fingerprint density at radius 1 is 1.04 bits per heavy atom. The van der Waals surface area contributed by atoms with E-state index in [4.69, 9.17) is 20.9 Å². The molecule has 1 aromatic heterocycles. The standard InChI is InChI=1S/C18H13ClN2O4/c19-17(22)13-7-4-8-14(9-13)18(23)24-11-20-16-10-15(21-25-16)12-5-2-1-3-6-12/h1-10,20H,11H2. The molecule has 0 spiro atoms. The van der Waals surface area contributed by atoms with E-state index in [0.29, 0.717) is 11.6 Å². The number of halogens is 1. The van der Waals surface area contributed by atoms with E-state index < -0.39 is 11.2 Å². The number of anilines is 1. The van der Waals surface area contributed by atoms with Crippen LogP contribution >= 0.6 is 11.6 Å². The largest absolute Gasteiger partial charge is 0.441 e. The highest BCUT2D eigenvalue weighted by molar-refractivity contribution is 6.67. The molecule has 3 rings (SSSR count). The smallest absolute Gasteiger partial charge is 0.339 e. The van der Waals surface area contributed by atoms with Crippen LogP contribution in [-0.2, 0) is 4.74 Å². The number of aromatic nitrogens is 1. The van der Waals surface area contributed by atoms with Crippen LogP contribution in [0.25, 0.3) is 11.3 Å². The molecule has 2 aromatic carbocycles. The van der Waals surface area contributed by atoms with Crippen molar-refractivity contribution in [1.82, 2.24) is 5.16 Å². The first-order chi connectivity index (χ1) is 12.1. The third-order valence-corrected chi connectivity index (χ3v) is 3.57. The van der Waals surface area contributed by atoms with Crippen molar-refractivity contribution < 1.29 is 18.8 Å². The van der Waals surface area contributed by atoms with Gasteiger partial charge in [0.15, 0.2) is 6.73 Å². The van der Waals surface area contributed by atoms with Crippen molar-refractivity contribution in [3.63, 3.8) is 0 Å². The van der Waals surface area contributed by atoms with Crippen molar-refractivity contribution in [2.24, 2.45) is 0 Å². The van der Waals surface area contributed by atoms with Crippen LogP contribution in [0.3, 0.4) is 0 Å². The maximum atomic E-state index is 12.0. The van der Waals surface area contributed by atoms with Crippen LogP contribution in [0, 0.1) is 0 Å². The maximum Gasteiger partial charge on any atom is 0.339 e. The number of hydrogen-bond acceptors (Lipinski definition) is 6. The minimum Gasteiger partial charge on any atom is -0.441 e. The molecule has 25 heavy (non-hydrogen) atoms. The fourth-order valence-electron chi connectivity index (χ4n) is 2.13. The first kappa shape index (κ1) is 16.7. The Bertz CT molecular complexity index is 893. The van der Waals surface area contributed by atoms with Gasteiger partial charge >= 0.3 is 5.97 Å². The van der Waals surface area contributed by atoms with Crippen molar-refractivity contribution in [2.75, 3.05) is 12.0 Å². The lowest BCUT2D eigenvalue weighted by atomic mass is 10.1. The van der Waals surface area contributed by atoms with Gasteiger partial charge in [-0.2, -0.15) is 0 Å². The Kier molecular flexibility index (Phi) is 5.11. The lowest BCUT2D eigenvalue weighted by molar-refractivity contribution is 0.0532. The van der Waals surface area contributed by atoms with E-state index in [2.05, 4.69) is 10.5 Å².